The van der Waals surface area contributed by atoms with Crippen LogP contribution in [0.3, 0.4) is 0 Å². The van der Waals surface area contributed by atoms with Crippen LogP contribution in [0.1, 0.15) is 18.6 Å². The van der Waals surface area contributed by atoms with Gasteiger partial charge < -0.3 is 19.0 Å². The van der Waals surface area contributed by atoms with Gasteiger partial charge in [-0.1, -0.05) is 0 Å². The summed E-state index contributed by atoms with van der Waals surface area (Å²) in [5, 5.41) is 11.1. The van der Waals surface area contributed by atoms with Crippen LogP contribution in [0.4, 0.5) is 0 Å². The van der Waals surface area contributed by atoms with Crippen molar-refractivity contribution in [2.75, 3.05) is 6.61 Å². The van der Waals surface area contributed by atoms with E-state index in [1.54, 1.807) is 24.4 Å². The second-order valence-electron chi connectivity index (χ2n) is 4.78. The standard InChI is InChI=1S/C16H17N3O4/c17-7-1-2-8-19-9-3-6-14(16(19)21)23-12-15(20)18-11-13-5-4-10-22-13/h3-6,9-10H,1-2,8,11-12H2,(H,18,20). The number of unbranched alkanes of at least 4 members (excludes halogenated alkanes) is 1. The van der Waals surface area contributed by atoms with E-state index in [-0.39, 0.29) is 30.4 Å². The zero-order chi connectivity index (χ0) is 16.5. The van der Waals surface area contributed by atoms with E-state index in [2.05, 4.69) is 5.32 Å². The molecule has 2 heterocycles. The van der Waals surface area contributed by atoms with E-state index in [0.717, 1.165) is 0 Å². The topological polar surface area (TPSA) is 97.3 Å². The Hall–Kier alpha value is -3.01. The first-order chi connectivity index (χ1) is 11.2. The Morgan fingerprint density at radius 1 is 1.39 bits per heavy atom. The predicted molar refractivity (Wildman–Crippen MR) is 81.6 cm³/mol. The first-order valence-corrected chi connectivity index (χ1v) is 7.19. The van der Waals surface area contributed by atoms with Crippen molar-refractivity contribution in [2.45, 2.75) is 25.9 Å². The maximum absolute atomic E-state index is 12.1. The van der Waals surface area contributed by atoms with Gasteiger partial charge >= 0.3 is 0 Å². The molecule has 2 aromatic heterocycles. The molecule has 0 aliphatic rings. The minimum atomic E-state index is -0.347. The lowest BCUT2D eigenvalue weighted by Crippen LogP contribution is -2.30. The van der Waals surface area contributed by atoms with Crippen LogP contribution >= 0.6 is 0 Å². The zero-order valence-electron chi connectivity index (χ0n) is 12.5. The van der Waals surface area contributed by atoms with Gasteiger partial charge in [-0.15, -0.1) is 0 Å². The molecule has 7 nitrogen and oxygen atoms in total. The molecule has 0 unspecified atom stereocenters. The van der Waals surface area contributed by atoms with Crippen LogP contribution in [0.2, 0.25) is 0 Å². The summed E-state index contributed by atoms with van der Waals surface area (Å²) >= 11 is 0. The second-order valence-corrected chi connectivity index (χ2v) is 4.78. The number of hydrogen-bond donors (Lipinski definition) is 1. The number of pyridine rings is 1. The maximum atomic E-state index is 12.1. The summed E-state index contributed by atoms with van der Waals surface area (Å²) in [5.41, 5.74) is -0.315. The number of nitriles is 1. The van der Waals surface area contributed by atoms with Gasteiger partial charge in [0, 0.05) is 19.2 Å². The van der Waals surface area contributed by atoms with E-state index in [1.807, 2.05) is 6.07 Å². The number of nitrogens with one attached hydrogen (secondary N) is 1. The summed E-state index contributed by atoms with van der Waals surface area (Å²) < 4.78 is 11.8. The molecule has 23 heavy (non-hydrogen) atoms. The van der Waals surface area contributed by atoms with E-state index in [4.69, 9.17) is 14.4 Å². The Morgan fingerprint density at radius 3 is 3.00 bits per heavy atom. The van der Waals surface area contributed by atoms with Crippen molar-refractivity contribution >= 4 is 5.91 Å². The summed E-state index contributed by atoms with van der Waals surface area (Å²) in [7, 11) is 0. The summed E-state index contributed by atoms with van der Waals surface area (Å²) in [5.74, 6) is 0.399. The third-order valence-corrected chi connectivity index (χ3v) is 3.07. The lowest BCUT2D eigenvalue weighted by Gasteiger charge is -2.09. The molecule has 0 radical (unpaired) electrons. The highest BCUT2D eigenvalue weighted by atomic mass is 16.5. The monoisotopic (exact) mass is 315 g/mol. The van der Waals surface area contributed by atoms with Crippen molar-refractivity contribution in [3.05, 3.63) is 52.8 Å². The third-order valence-electron chi connectivity index (χ3n) is 3.07. The second kappa shape index (κ2) is 8.44. The van der Waals surface area contributed by atoms with Gasteiger partial charge in [0.15, 0.2) is 12.4 Å². The van der Waals surface area contributed by atoms with Gasteiger partial charge in [-0.2, -0.15) is 5.26 Å². The number of hydrogen-bond acceptors (Lipinski definition) is 5. The fraction of sp³-hybridized carbons (Fsp3) is 0.312. The van der Waals surface area contributed by atoms with Gasteiger partial charge in [0.05, 0.1) is 18.9 Å². The van der Waals surface area contributed by atoms with Gasteiger partial charge in [0.2, 0.25) is 0 Å². The predicted octanol–water partition coefficient (Wildman–Crippen LogP) is 1.44. The van der Waals surface area contributed by atoms with Crippen LogP contribution < -0.4 is 15.6 Å². The van der Waals surface area contributed by atoms with Crippen LogP contribution in [0.15, 0.2) is 45.9 Å². The van der Waals surface area contributed by atoms with Gasteiger partial charge in [-0.05, 0) is 30.7 Å². The molecule has 0 aliphatic heterocycles. The number of nitrogens with zero attached hydrogens (tertiary/aromatic N) is 2. The molecule has 0 atom stereocenters. The number of rotatable bonds is 8. The first-order valence-electron chi connectivity index (χ1n) is 7.19. The van der Waals surface area contributed by atoms with E-state index in [0.29, 0.717) is 25.1 Å². The summed E-state index contributed by atoms with van der Waals surface area (Å²) in [6.07, 6.45) is 4.12. The molecule has 2 aromatic rings. The lowest BCUT2D eigenvalue weighted by atomic mass is 10.3. The van der Waals surface area contributed by atoms with Crippen molar-refractivity contribution < 1.29 is 13.9 Å². The lowest BCUT2D eigenvalue weighted by molar-refractivity contribution is -0.123. The number of amides is 1. The SMILES string of the molecule is N#CCCCn1cccc(OCC(=O)NCc2ccco2)c1=O. The number of aryl methyl sites for hydroxylation is 1. The highest BCUT2D eigenvalue weighted by Gasteiger charge is 2.08. The number of aromatic nitrogens is 1. The molecule has 0 bridgehead atoms. The quantitative estimate of drug-likeness (QED) is 0.743. The van der Waals surface area contributed by atoms with Crippen LogP contribution in [-0.4, -0.2) is 17.1 Å². The largest absolute Gasteiger partial charge is 0.478 e. The van der Waals surface area contributed by atoms with Crippen molar-refractivity contribution in [2.24, 2.45) is 0 Å². The van der Waals surface area contributed by atoms with Gasteiger partial charge in [0.1, 0.15) is 5.76 Å². The molecule has 1 amide bonds. The molecular weight excluding hydrogens is 298 g/mol. The molecule has 0 saturated heterocycles. The van der Waals surface area contributed by atoms with Crippen molar-refractivity contribution in [3.63, 3.8) is 0 Å². The van der Waals surface area contributed by atoms with Gasteiger partial charge in [-0.3, -0.25) is 9.59 Å². The highest BCUT2D eigenvalue weighted by Crippen LogP contribution is 2.03. The Kier molecular flexibility index (Phi) is 6.00. The molecule has 2 rings (SSSR count). The molecule has 120 valence electrons. The molecule has 1 N–H and O–H groups in total. The van der Waals surface area contributed by atoms with Crippen LogP contribution in [0, 0.1) is 11.3 Å². The molecule has 0 aliphatic carbocycles. The fourth-order valence-corrected chi connectivity index (χ4v) is 1.92. The minimum Gasteiger partial charge on any atom is -0.478 e. The Balaban J connectivity index is 1.85. The summed E-state index contributed by atoms with van der Waals surface area (Å²) in [6.45, 7) is 0.453. The van der Waals surface area contributed by atoms with E-state index < -0.39 is 0 Å². The van der Waals surface area contributed by atoms with Gasteiger partial charge in [0.25, 0.3) is 11.5 Å². The van der Waals surface area contributed by atoms with E-state index in [1.165, 1.54) is 16.9 Å². The van der Waals surface area contributed by atoms with Crippen LogP contribution in [-0.2, 0) is 17.9 Å². The summed E-state index contributed by atoms with van der Waals surface area (Å²) in [6, 6.07) is 8.70. The zero-order valence-corrected chi connectivity index (χ0v) is 12.5. The van der Waals surface area contributed by atoms with Crippen molar-refractivity contribution in [1.29, 1.82) is 5.26 Å². The van der Waals surface area contributed by atoms with Crippen LogP contribution in [0.25, 0.3) is 0 Å². The average Bonchev–Trinajstić information content (AvgIpc) is 3.07. The normalized spacial score (nSPS) is 10.0. The molecule has 0 fully saturated rings. The number of carbonyl (C=O) groups is 1. The number of furan rings is 1. The first kappa shape index (κ1) is 16.4. The Bertz CT molecular complexity index is 729. The highest BCUT2D eigenvalue weighted by molar-refractivity contribution is 5.77. The van der Waals surface area contributed by atoms with E-state index >= 15 is 0 Å². The van der Waals surface area contributed by atoms with Gasteiger partial charge in [-0.25, -0.2) is 0 Å². The van der Waals surface area contributed by atoms with Crippen molar-refractivity contribution in [3.8, 4) is 11.8 Å². The molecule has 0 saturated carbocycles. The number of ether oxygens (including phenoxy) is 1. The maximum Gasteiger partial charge on any atom is 0.292 e. The molecule has 7 heteroatoms. The molecular formula is C16H17N3O4. The average molecular weight is 315 g/mol. The molecule has 0 aromatic carbocycles. The Morgan fingerprint density at radius 2 is 2.26 bits per heavy atom. The van der Waals surface area contributed by atoms with E-state index in [9.17, 15) is 9.59 Å². The number of carbonyl (C=O) groups excluding carboxylic acids is 1. The summed E-state index contributed by atoms with van der Waals surface area (Å²) in [4.78, 5) is 23.8. The minimum absolute atomic E-state index is 0.109. The molecule has 0 spiro atoms. The van der Waals surface area contributed by atoms with Crippen LogP contribution in [0.5, 0.6) is 5.75 Å². The third kappa shape index (κ3) is 5.04. The van der Waals surface area contributed by atoms with Crippen molar-refractivity contribution in [1.82, 2.24) is 9.88 Å². The fourth-order valence-electron chi connectivity index (χ4n) is 1.92. The Labute approximate surface area is 133 Å². The smallest absolute Gasteiger partial charge is 0.292 e.